The maximum absolute atomic E-state index is 14.0. The van der Waals surface area contributed by atoms with E-state index < -0.39 is 26.0 Å². The molecule has 0 radical (unpaired) electrons. The molecule has 0 heterocycles. The van der Waals surface area contributed by atoms with Gasteiger partial charge < -0.3 is 5.32 Å². The Morgan fingerprint density at radius 1 is 0.738 bits per heavy atom. The zero-order chi connectivity index (χ0) is 30.5. The largest absolute Gasteiger partial charge is 0.322 e. The number of anilines is 2. The summed E-state index contributed by atoms with van der Waals surface area (Å²) in [6, 6.07) is 25.7. The van der Waals surface area contributed by atoms with Crippen molar-refractivity contribution < 1.29 is 21.6 Å². The SMILES string of the molecule is CCN(CC)S(=O)(=O)c1ccc(NC(=O)c2ccccc2N(Cc2ccc(Cl)cc2)S(=O)(=O)c2ccc(C)cc2)cc1. The fourth-order valence-electron chi connectivity index (χ4n) is 4.40. The van der Waals surface area contributed by atoms with Crippen molar-refractivity contribution in [2.75, 3.05) is 22.7 Å². The quantitative estimate of drug-likeness (QED) is 0.210. The van der Waals surface area contributed by atoms with Crippen LogP contribution in [0.5, 0.6) is 0 Å². The zero-order valence-corrected chi connectivity index (χ0v) is 25.9. The van der Waals surface area contributed by atoms with Crippen molar-refractivity contribution in [3.05, 3.63) is 119 Å². The molecule has 0 aromatic heterocycles. The number of rotatable bonds is 11. The third-order valence-electron chi connectivity index (χ3n) is 6.72. The van der Waals surface area contributed by atoms with Gasteiger partial charge in [0.1, 0.15) is 0 Å². The molecular formula is C31H32ClN3O5S2. The zero-order valence-electron chi connectivity index (χ0n) is 23.5. The maximum Gasteiger partial charge on any atom is 0.264 e. The molecule has 0 saturated heterocycles. The fraction of sp³-hybridized carbons (Fsp3) is 0.194. The van der Waals surface area contributed by atoms with Crippen molar-refractivity contribution >= 4 is 48.9 Å². The van der Waals surface area contributed by atoms with Gasteiger partial charge in [0.05, 0.1) is 27.6 Å². The molecule has 0 spiro atoms. The van der Waals surface area contributed by atoms with Crippen LogP contribution >= 0.6 is 11.6 Å². The number of hydrogen-bond acceptors (Lipinski definition) is 5. The average molecular weight is 626 g/mol. The molecule has 8 nitrogen and oxygen atoms in total. The van der Waals surface area contributed by atoms with Crippen molar-refractivity contribution in [1.29, 1.82) is 0 Å². The molecule has 0 fully saturated rings. The summed E-state index contributed by atoms with van der Waals surface area (Å²) in [5, 5.41) is 3.29. The highest BCUT2D eigenvalue weighted by Crippen LogP contribution is 2.30. The molecule has 0 aliphatic rings. The van der Waals surface area contributed by atoms with Gasteiger partial charge in [-0.3, -0.25) is 9.10 Å². The van der Waals surface area contributed by atoms with Gasteiger partial charge in [-0.05, 0) is 73.2 Å². The summed E-state index contributed by atoms with van der Waals surface area (Å²) in [7, 11) is -7.75. The first-order valence-corrected chi connectivity index (χ1v) is 16.6. The summed E-state index contributed by atoms with van der Waals surface area (Å²) >= 11 is 6.05. The Bertz CT molecular complexity index is 1760. The molecule has 0 bridgehead atoms. The second-order valence-corrected chi connectivity index (χ2v) is 13.8. The number of hydrogen-bond donors (Lipinski definition) is 1. The molecule has 0 atom stereocenters. The normalized spacial score (nSPS) is 11.8. The van der Waals surface area contributed by atoms with Crippen molar-refractivity contribution in [3.63, 3.8) is 0 Å². The third kappa shape index (κ3) is 6.84. The van der Waals surface area contributed by atoms with Crippen LogP contribution in [0.1, 0.15) is 35.3 Å². The Kier molecular flexibility index (Phi) is 9.73. The van der Waals surface area contributed by atoms with Gasteiger partial charge in [-0.15, -0.1) is 0 Å². The summed E-state index contributed by atoms with van der Waals surface area (Å²) in [5.41, 5.74) is 2.26. The highest BCUT2D eigenvalue weighted by atomic mass is 35.5. The molecule has 4 aromatic rings. The number of carbonyl (C=O) groups is 1. The molecule has 0 aliphatic heterocycles. The van der Waals surface area contributed by atoms with Crippen molar-refractivity contribution in [1.82, 2.24) is 4.31 Å². The van der Waals surface area contributed by atoms with E-state index >= 15 is 0 Å². The molecule has 42 heavy (non-hydrogen) atoms. The lowest BCUT2D eigenvalue weighted by Gasteiger charge is -2.27. The van der Waals surface area contributed by atoms with E-state index in [-0.39, 0.29) is 27.6 Å². The minimum atomic E-state index is -4.09. The summed E-state index contributed by atoms with van der Waals surface area (Å²) in [6.07, 6.45) is 0. The third-order valence-corrected chi connectivity index (χ3v) is 10.8. The Morgan fingerprint density at radius 2 is 1.29 bits per heavy atom. The molecule has 1 N–H and O–H groups in total. The highest BCUT2D eigenvalue weighted by molar-refractivity contribution is 7.92. The number of benzene rings is 4. The molecule has 0 unspecified atom stereocenters. The van der Waals surface area contributed by atoms with Crippen LogP contribution in [0, 0.1) is 6.92 Å². The second-order valence-electron chi connectivity index (χ2n) is 9.54. The van der Waals surface area contributed by atoms with Gasteiger partial charge in [0.2, 0.25) is 10.0 Å². The summed E-state index contributed by atoms with van der Waals surface area (Å²) in [4.78, 5) is 13.8. The first kappa shape index (κ1) is 31.2. The maximum atomic E-state index is 14.0. The second kappa shape index (κ2) is 13.1. The standard InChI is InChI=1S/C31H32ClN3O5S2/c1-4-34(5-2)41(37,38)27-20-16-26(17-21-27)33-31(36)29-8-6-7-9-30(29)35(22-24-12-14-25(32)15-13-24)42(39,40)28-18-10-23(3)11-19-28/h6-21H,4-5,22H2,1-3H3,(H,33,36). The molecule has 4 rings (SSSR count). The first-order valence-electron chi connectivity index (χ1n) is 13.3. The highest BCUT2D eigenvalue weighted by Gasteiger charge is 2.29. The van der Waals surface area contributed by atoms with E-state index in [9.17, 15) is 21.6 Å². The smallest absolute Gasteiger partial charge is 0.264 e. The molecule has 0 aliphatic carbocycles. The molecular weight excluding hydrogens is 594 g/mol. The van der Waals surface area contributed by atoms with E-state index in [1.54, 1.807) is 74.5 Å². The van der Waals surface area contributed by atoms with Gasteiger partial charge in [-0.2, -0.15) is 4.31 Å². The van der Waals surface area contributed by atoms with Crippen LogP contribution in [0.3, 0.4) is 0 Å². The number of amides is 1. The van der Waals surface area contributed by atoms with Crippen LogP contribution in [0.25, 0.3) is 0 Å². The van der Waals surface area contributed by atoms with E-state index in [4.69, 9.17) is 11.6 Å². The predicted octanol–water partition coefficient (Wildman–Crippen LogP) is 6.33. The van der Waals surface area contributed by atoms with Crippen LogP contribution in [-0.4, -0.2) is 40.1 Å². The fourth-order valence-corrected chi connectivity index (χ4v) is 7.45. The van der Waals surface area contributed by atoms with Gasteiger partial charge in [0, 0.05) is 23.8 Å². The van der Waals surface area contributed by atoms with Gasteiger partial charge in [0.15, 0.2) is 0 Å². The lowest BCUT2D eigenvalue weighted by atomic mass is 10.1. The number of sulfonamides is 2. The van der Waals surface area contributed by atoms with Crippen molar-refractivity contribution in [2.45, 2.75) is 37.1 Å². The Labute approximate surface area is 252 Å². The molecule has 11 heteroatoms. The van der Waals surface area contributed by atoms with Gasteiger partial charge >= 0.3 is 0 Å². The van der Waals surface area contributed by atoms with E-state index in [2.05, 4.69) is 5.32 Å². The lowest BCUT2D eigenvalue weighted by molar-refractivity contribution is 0.102. The Hall–Kier alpha value is -3.70. The average Bonchev–Trinajstić information content (AvgIpc) is 2.98. The molecule has 1 amide bonds. The van der Waals surface area contributed by atoms with Crippen LogP contribution in [0.2, 0.25) is 5.02 Å². The topological polar surface area (TPSA) is 104 Å². The monoisotopic (exact) mass is 625 g/mol. The molecule has 0 saturated carbocycles. The van der Waals surface area contributed by atoms with Crippen molar-refractivity contribution in [2.24, 2.45) is 0 Å². The van der Waals surface area contributed by atoms with Gasteiger partial charge in [-0.25, -0.2) is 16.8 Å². The van der Waals surface area contributed by atoms with Crippen LogP contribution < -0.4 is 9.62 Å². The first-order chi connectivity index (χ1) is 20.0. The van der Waals surface area contributed by atoms with E-state index in [0.717, 1.165) is 5.56 Å². The predicted molar refractivity (Wildman–Crippen MR) is 167 cm³/mol. The number of halogens is 1. The molecule has 4 aromatic carbocycles. The summed E-state index contributed by atoms with van der Waals surface area (Å²) in [5.74, 6) is -0.551. The van der Waals surface area contributed by atoms with Gasteiger partial charge in [-0.1, -0.05) is 67.4 Å². The minimum absolute atomic E-state index is 0.0460. The number of para-hydroxylation sites is 1. The summed E-state index contributed by atoms with van der Waals surface area (Å²) < 4.78 is 56.2. The van der Waals surface area contributed by atoms with Crippen LogP contribution in [0.4, 0.5) is 11.4 Å². The lowest BCUT2D eigenvalue weighted by Crippen LogP contribution is -2.32. The molecule has 220 valence electrons. The van der Waals surface area contributed by atoms with E-state index in [0.29, 0.717) is 29.4 Å². The van der Waals surface area contributed by atoms with E-state index in [1.165, 1.54) is 45.0 Å². The Balaban J connectivity index is 1.70. The van der Waals surface area contributed by atoms with Crippen LogP contribution in [-0.2, 0) is 26.6 Å². The number of nitrogens with one attached hydrogen (secondary N) is 1. The van der Waals surface area contributed by atoms with Crippen molar-refractivity contribution in [3.8, 4) is 0 Å². The van der Waals surface area contributed by atoms with Gasteiger partial charge in [0.25, 0.3) is 15.9 Å². The van der Waals surface area contributed by atoms with Crippen LogP contribution in [0.15, 0.2) is 107 Å². The number of aryl methyl sites for hydroxylation is 1. The van der Waals surface area contributed by atoms with E-state index in [1.807, 2.05) is 6.92 Å². The minimum Gasteiger partial charge on any atom is -0.322 e. The summed E-state index contributed by atoms with van der Waals surface area (Å²) in [6.45, 7) is 6.03. The number of nitrogens with zero attached hydrogens (tertiary/aromatic N) is 2. The number of carbonyl (C=O) groups excluding carboxylic acids is 1. The Morgan fingerprint density at radius 3 is 1.88 bits per heavy atom.